The van der Waals surface area contributed by atoms with Crippen LogP contribution in [-0.2, 0) is 11.2 Å². The predicted molar refractivity (Wildman–Crippen MR) is 104 cm³/mol. The fourth-order valence-corrected chi connectivity index (χ4v) is 2.60. The largest absolute Gasteiger partial charge is 0.497 e. The molecule has 0 aliphatic heterocycles. The van der Waals surface area contributed by atoms with Gasteiger partial charge >= 0.3 is 0 Å². The fraction of sp³-hybridized carbons (Fsp3) is 0.286. The van der Waals surface area contributed by atoms with Crippen LogP contribution in [0.4, 0.5) is 0 Å². The minimum atomic E-state index is -0.0892. The predicted octanol–water partition coefficient (Wildman–Crippen LogP) is 3.18. The van der Waals surface area contributed by atoms with Crippen LogP contribution in [0, 0.1) is 6.92 Å². The van der Waals surface area contributed by atoms with Gasteiger partial charge in [-0.05, 0) is 37.3 Å². The smallest absolute Gasteiger partial charge is 0.227 e. The molecule has 28 heavy (non-hydrogen) atoms. The van der Waals surface area contributed by atoms with Crippen molar-refractivity contribution in [1.29, 1.82) is 0 Å². The molecule has 1 amide bonds. The van der Waals surface area contributed by atoms with E-state index in [1.54, 1.807) is 7.11 Å². The lowest BCUT2D eigenvalue weighted by molar-refractivity contribution is -0.121. The van der Waals surface area contributed by atoms with Crippen molar-refractivity contribution in [2.75, 3.05) is 20.3 Å². The van der Waals surface area contributed by atoms with Crippen molar-refractivity contribution in [3.8, 4) is 22.9 Å². The van der Waals surface area contributed by atoms with E-state index in [4.69, 9.17) is 14.0 Å². The number of aryl methyl sites for hydroxylation is 2. The van der Waals surface area contributed by atoms with Gasteiger partial charge in [-0.2, -0.15) is 4.98 Å². The van der Waals surface area contributed by atoms with Crippen molar-refractivity contribution in [3.05, 3.63) is 60.0 Å². The van der Waals surface area contributed by atoms with Crippen LogP contribution in [-0.4, -0.2) is 36.3 Å². The summed E-state index contributed by atoms with van der Waals surface area (Å²) in [5.74, 6) is 2.39. The summed E-state index contributed by atoms with van der Waals surface area (Å²) >= 11 is 0. The van der Waals surface area contributed by atoms with Crippen LogP contribution >= 0.6 is 0 Å². The molecule has 0 atom stereocenters. The summed E-state index contributed by atoms with van der Waals surface area (Å²) in [5.41, 5.74) is 2.02. The minimum absolute atomic E-state index is 0.0892. The van der Waals surface area contributed by atoms with Crippen LogP contribution in [0.5, 0.6) is 11.5 Å². The van der Waals surface area contributed by atoms with Gasteiger partial charge in [0.2, 0.25) is 17.6 Å². The Kier molecular flexibility index (Phi) is 6.62. The Morgan fingerprint density at radius 1 is 1.14 bits per heavy atom. The van der Waals surface area contributed by atoms with Crippen molar-refractivity contribution in [2.45, 2.75) is 19.8 Å². The molecule has 146 valence electrons. The summed E-state index contributed by atoms with van der Waals surface area (Å²) in [5, 5.41) is 6.79. The molecule has 0 bridgehead atoms. The number of rotatable bonds is 9. The monoisotopic (exact) mass is 381 g/mol. The molecule has 2 aromatic carbocycles. The number of methoxy groups -OCH3 is 1. The molecule has 1 aromatic heterocycles. The first-order valence-corrected chi connectivity index (χ1v) is 9.07. The molecule has 0 spiro atoms. The van der Waals surface area contributed by atoms with Crippen molar-refractivity contribution in [3.63, 3.8) is 0 Å². The number of nitrogens with one attached hydrogen (secondary N) is 1. The van der Waals surface area contributed by atoms with Crippen molar-refractivity contribution in [1.82, 2.24) is 15.5 Å². The van der Waals surface area contributed by atoms with E-state index < -0.39 is 0 Å². The van der Waals surface area contributed by atoms with E-state index in [-0.39, 0.29) is 12.3 Å². The van der Waals surface area contributed by atoms with Gasteiger partial charge in [0.25, 0.3) is 0 Å². The number of benzene rings is 2. The van der Waals surface area contributed by atoms with Gasteiger partial charge in [-0.15, -0.1) is 0 Å². The van der Waals surface area contributed by atoms with E-state index in [2.05, 4.69) is 15.5 Å². The average molecular weight is 381 g/mol. The van der Waals surface area contributed by atoms with E-state index in [9.17, 15) is 4.79 Å². The van der Waals surface area contributed by atoms with Crippen LogP contribution in [0.1, 0.15) is 17.9 Å². The summed E-state index contributed by atoms with van der Waals surface area (Å²) in [7, 11) is 1.61. The fourth-order valence-electron chi connectivity index (χ4n) is 2.60. The van der Waals surface area contributed by atoms with Gasteiger partial charge in [-0.25, -0.2) is 0 Å². The molecule has 0 saturated carbocycles. The van der Waals surface area contributed by atoms with E-state index in [0.29, 0.717) is 31.3 Å². The van der Waals surface area contributed by atoms with Crippen LogP contribution in [0.2, 0.25) is 0 Å². The lowest BCUT2D eigenvalue weighted by Crippen LogP contribution is -2.28. The highest BCUT2D eigenvalue weighted by Crippen LogP contribution is 2.18. The quantitative estimate of drug-likeness (QED) is 0.573. The van der Waals surface area contributed by atoms with Crippen molar-refractivity contribution in [2.24, 2.45) is 0 Å². The zero-order valence-electron chi connectivity index (χ0n) is 16.0. The second-order valence-corrected chi connectivity index (χ2v) is 6.26. The molecule has 7 heteroatoms. The van der Waals surface area contributed by atoms with Crippen LogP contribution < -0.4 is 14.8 Å². The standard InChI is InChI=1S/C21H23N3O4/c1-15-4-3-5-16(14-15)21-23-20(28-24-21)11-10-19(25)22-12-13-27-18-8-6-17(26-2)7-9-18/h3-9,14H,10-13H2,1-2H3,(H,22,25). The van der Waals surface area contributed by atoms with E-state index in [0.717, 1.165) is 22.6 Å². The number of carbonyl (C=O) groups excluding carboxylic acids is 1. The Hall–Kier alpha value is -3.35. The van der Waals surface area contributed by atoms with Crippen molar-refractivity contribution < 1.29 is 18.8 Å². The first-order chi connectivity index (χ1) is 13.6. The van der Waals surface area contributed by atoms with Gasteiger partial charge in [0.05, 0.1) is 13.7 Å². The normalized spacial score (nSPS) is 10.5. The van der Waals surface area contributed by atoms with Crippen molar-refractivity contribution >= 4 is 5.91 Å². The molecule has 0 saturated heterocycles. The Bertz CT molecular complexity index is 906. The highest BCUT2D eigenvalue weighted by Gasteiger charge is 2.10. The summed E-state index contributed by atoms with van der Waals surface area (Å²) in [4.78, 5) is 16.3. The Balaban J connectivity index is 1.37. The second kappa shape index (κ2) is 9.55. The van der Waals surface area contributed by atoms with Crippen LogP contribution in [0.3, 0.4) is 0 Å². The maximum atomic E-state index is 12.0. The summed E-state index contributed by atoms with van der Waals surface area (Å²) in [6.45, 7) is 2.81. The molecule has 0 unspecified atom stereocenters. The van der Waals surface area contributed by atoms with Gasteiger partial charge in [-0.1, -0.05) is 28.9 Å². The van der Waals surface area contributed by atoms with E-state index in [1.165, 1.54) is 0 Å². The third kappa shape index (κ3) is 5.57. The first-order valence-electron chi connectivity index (χ1n) is 9.07. The number of hydrogen-bond acceptors (Lipinski definition) is 6. The lowest BCUT2D eigenvalue weighted by Gasteiger charge is -2.08. The highest BCUT2D eigenvalue weighted by molar-refractivity contribution is 5.76. The molecule has 0 radical (unpaired) electrons. The Morgan fingerprint density at radius 3 is 2.68 bits per heavy atom. The third-order valence-corrected chi connectivity index (χ3v) is 4.06. The molecule has 0 aliphatic rings. The molecule has 7 nitrogen and oxygen atoms in total. The molecule has 3 rings (SSSR count). The molecule has 0 fully saturated rings. The first kappa shape index (κ1) is 19.4. The topological polar surface area (TPSA) is 86.5 Å². The van der Waals surface area contributed by atoms with E-state index >= 15 is 0 Å². The molecular weight excluding hydrogens is 358 g/mol. The minimum Gasteiger partial charge on any atom is -0.497 e. The molecule has 1 N–H and O–H groups in total. The van der Waals surface area contributed by atoms with Crippen LogP contribution in [0.15, 0.2) is 53.1 Å². The van der Waals surface area contributed by atoms with Gasteiger partial charge in [0.1, 0.15) is 18.1 Å². The zero-order chi connectivity index (χ0) is 19.8. The highest BCUT2D eigenvalue weighted by atomic mass is 16.5. The maximum Gasteiger partial charge on any atom is 0.227 e. The van der Waals surface area contributed by atoms with Gasteiger partial charge in [0.15, 0.2) is 0 Å². The van der Waals surface area contributed by atoms with Gasteiger partial charge < -0.3 is 19.3 Å². The third-order valence-electron chi connectivity index (χ3n) is 4.06. The Labute approximate surface area is 163 Å². The molecular formula is C21H23N3O4. The second-order valence-electron chi connectivity index (χ2n) is 6.26. The van der Waals surface area contributed by atoms with Gasteiger partial charge in [-0.3, -0.25) is 4.79 Å². The Morgan fingerprint density at radius 2 is 1.93 bits per heavy atom. The van der Waals surface area contributed by atoms with Gasteiger partial charge in [0, 0.05) is 18.4 Å². The number of ether oxygens (including phenoxy) is 2. The summed E-state index contributed by atoms with van der Waals surface area (Å²) < 4.78 is 15.9. The number of amides is 1. The summed E-state index contributed by atoms with van der Waals surface area (Å²) in [6.07, 6.45) is 0.669. The number of aromatic nitrogens is 2. The average Bonchev–Trinajstić information content (AvgIpc) is 3.19. The number of nitrogens with zero attached hydrogens (tertiary/aromatic N) is 2. The summed E-state index contributed by atoms with van der Waals surface area (Å²) in [6, 6.07) is 15.2. The maximum absolute atomic E-state index is 12.0. The number of hydrogen-bond donors (Lipinski definition) is 1. The number of carbonyl (C=O) groups is 1. The lowest BCUT2D eigenvalue weighted by atomic mass is 10.1. The van der Waals surface area contributed by atoms with E-state index in [1.807, 2.05) is 55.5 Å². The zero-order valence-corrected chi connectivity index (χ0v) is 16.0. The molecule has 1 heterocycles. The van der Waals surface area contributed by atoms with Crippen LogP contribution in [0.25, 0.3) is 11.4 Å². The SMILES string of the molecule is COc1ccc(OCCNC(=O)CCc2nc(-c3cccc(C)c3)no2)cc1. The molecule has 3 aromatic rings. The molecule has 0 aliphatic carbocycles.